The average Bonchev–Trinajstić information content (AvgIpc) is 3.17. The minimum absolute atomic E-state index is 0.0508. The van der Waals surface area contributed by atoms with Crippen molar-refractivity contribution in [2.45, 2.75) is 51.2 Å². The van der Waals surface area contributed by atoms with E-state index in [1.807, 2.05) is 6.92 Å². The van der Waals surface area contributed by atoms with E-state index in [-0.39, 0.29) is 17.8 Å². The summed E-state index contributed by atoms with van der Waals surface area (Å²) in [7, 11) is 0. The molecule has 0 bridgehead atoms. The van der Waals surface area contributed by atoms with Crippen LogP contribution in [0.5, 0.6) is 0 Å². The maximum atomic E-state index is 12.5. The summed E-state index contributed by atoms with van der Waals surface area (Å²) in [5.74, 6) is 0.0154. The van der Waals surface area contributed by atoms with Crippen LogP contribution in [0.25, 0.3) is 0 Å². The van der Waals surface area contributed by atoms with E-state index in [0.717, 1.165) is 49.4 Å². The van der Waals surface area contributed by atoms with Crippen molar-refractivity contribution in [2.75, 3.05) is 26.2 Å². The number of fused-ring (bicyclic) bond motifs is 2. The monoisotopic (exact) mass is 331 g/mol. The summed E-state index contributed by atoms with van der Waals surface area (Å²) in [6, 6.07) is 0.570. The molecule has 0 saturated carbocycles. The van der Waals surface area contributed by atoms with Crippen molar-refractivity contribution >= 4 is 11.7 Å². The molecule has 6 nitrogen and oxygen atoms in total. The Morgan fingerprint density at radius 1 is 1.38 bits per heavy atom. The normalized spacial score (nSPS) is 27.0. The number of carbonyl (C=O) groups is 2. The molecule has 2 fully saturated rings. The van der Waals surface area contributed by atoms with Crippen LogP contribution in [-0.4, -0.2) is 60.0 Å². The van der Waals surface area contributed by atoms with Gasteiger partial charge in [0.15, 0.2) is 5.78 Å². The Kier molecular flexibility index (Phi) is 4.18. The van der Waals surface area contributed by atoms with Gasteiger partial charge in [0.05, 0.1) is 12.7 Å². The van der Waals surface area contributed by atoms with Crippen molar-refractivity contribution in [3.05, 3.63) is 22.5 Å². The van der Waals surface area contributed by atoms with Gasteiger partial charge >= 0.3 is 0 Å². The Morgan fingerprint density at radius 2 is 2.25 bits per heavy atom. The van der Waals surface area contributed by atoms with Crippen molar-refractivity contribution in [3.63, 3.8) is 0 Å². The zero-order valence-electron chi connectivity index (χ0n) is 14.2. The molecule has 2 aliphatic heterocycles. The third kappa shape index (κ3) is 2.78. The van der Waals surface area contributed by atoms with Crippen LogP contribution in [0.3, 0.4) is 0 Å². The highest BCUT2D eigenvalue weighted by atomic mass is 16.5. The fraction of sp³-hybridized carbons (Fsp3) is 0.667. The van der Waals surface area contributed by atoms with E-state index in [9.17, 15) is 9.59 Å². The molecule has 24 heavy (non-hydrogen) atoms. The van der Waals surface area contributed by atoms with E-state index in [4.69, 9.17) is 4.74 Å². The minimum Gasteiger partial charge on any atom is -0.373 e. The molecule has 0 radical (unpaired) electrons. The maximum Gasteiger partial charge on any atom is 0.268 e. The second-order valence-corrected chi connectivity index (χ2v) is 7.21. The molecular formula is C18H25N3O3. The van der Waals surface area contributed by atoms with Crippen molar-refractivity contribution in [3.8, 4) is 0 Å². The number of nitrogens with one attached hydrogen (secondary N) is 2. The molecule has 1 amide bonds. The molecule has 1 aromatic heterocycles. The number of ether oxygens (including phenoxy) is 1. The highest BCUT2D eigenvalue weighted by molar-refractivity contribution is 6.04. The van der Waals surface area contributed by atoms with Crippen LogP contribution in [-0.2, 0) is 11.2 Å². The number of rotatable bonds is 3. The Hall–Kier alpha value is -1.66. The molecule has 0 unspecified atom stereocenters. The van der Waals surface area contributed by atoms with Gasteiger partial charge in [-0.2, -0.15) is 0 Å². The van der Waals surface area contributed by atoms with Crippen LogP contribution >= 0.6 is 0 Å². The molecule has 6 heteroatoms. The predicted octanol–water partition coefficient (Wildman–Crippen LogP) is 1.44. The first-order chi connectivity index (χ1) is 11.6. The molecule has 130 valence electrons. The summed E-state index contributed by atoms with van der Waals surface area (Å²) in [6.07, 6.45) is 4.81. The lowest BCUT2D eigenvalue weighted by Crippen LogP contribution is -2.50. The van der Waals surface area contributed by atoms with Crippen molar-refractivity contribution in [1.29, 1.82) is 0 Å². The van der Waals surface area contributed by atoms with Crippen molar-refractivity contribution in [1.82, 2.24) is 15.2 Å². The molecule has 0 aromatic carbocycles. The third-order valence-corrected chi connectivity index (χ3v) is 5.62. The topological polar surface area (TPSA) is 74.4 Å². The number of carbonyl (C=O) groups excluding carboxylic acids is 2. The largest absolute Gasteiger partial charge is 0.373 e. The fourth-order valence-corrected chi connectivity index (χ4v) is 4.31. The Morgan fingerprint density at radius 3 is 3.08 bits per heavy atom. The first-order valence-electron chi connectivity index (χ1n) is 9.02. The van der Waals surface area contributed by atoms with Crippen LogP contribution in [0.4, 0.5) is 0 Å². The molecule has 1 aliphatic carbocycles. The number of ketones is 1. The average molecular weight is 331 g/mol. The van der Waals surface area contributed by atoms with E-state index < -0.39 is 0 Å². The molecule has 3 aliphatic rings. The summed E-state index contributed by atoms with van der Waals surface area (Å²) in [4.78, 5) is 30.3. The fourth-order valence-electron chi connectivity index (χ4n) is 4.31. The highest BCUT2D eigenvalue weighted by Gasteiger charge is 2.32. The van der Waals surface area contributed by atoms with Crippen LogP contribution < -0.4 is 5.32 Å². The summed E-state index contributed by atoms with van der Waals surface area (Å²) < 4.78 is 5.89. The summed E-state index contributed by atoms with van der Waals surface area (Å²) in [6.45, 7) is 5.18. The van der Waals surface area contributed by atoms with Gasteiger partial charge in [0.1, 0.15) is 5.69 Å². The van der Waals surface area contributed by atoms with Gasteiger partial charge in [0.25, 0.3) is 5.91 Å². The second kappa shape index (κ2) is 6.33. The lowest BCUT2D eigenvalue weighted by molar-refractivity contribution is -0.0462. The van der Waals surface area contributed by atoms with Gasteiger partial charge in [-0.3, -0.25) is 14.5 Å². The number of aromatic amines is 1. The molecule has 2 saturated heterocycles. The number of aryl methyl sites for hydroxylation is 1. The lowest BCUT2D eigenvalue weighted by Gasteiger charge is -2.35. The van der Waals surface area contributed by atoms with E-state index in [0.29, 0.717) is 24.7 Å². The van der Waals surface area contributed by atoms with Gasteiger partial charge in [-0.05, 0) is 44.7 Å². The first kappa shape index (κ1) is 15.8. The van der Waals surface area contributed by atoms with Gasteiger partial charge in [-0.1, -0.05) is 0 Å². The molecule has 0 spiro atoms. The number of H-pyrrole nitrogens is 1. The molecular weight excluding hydrogens is 306 g/mol. The van der Waals surface area contributed by atoms with Crippen LogP contribution in [0.1, 0.15) is 57.8 Å². The van der Waals surface area contributed by atoms with Crippen LogP contribution in [0.15, 0.2) is 0 Å². The molecule has 3 heterocycles. The number of amides is 1. The highest BCUT2D eigenvalue weighted by Crippen LogP contribution is 2.26. The second-order valence-electron chi connectivity index (χ2n) is 7.21. The quantitative estimate of drug-likeness (QED) is 0.879. The number of nitrogens with zero attached hydrogens (tertiary/aromatic N) is 1. The standard InChI is InChI=1S/C18H25N3O3/c1-11-16-14(5-2-6-15(16)22)20-17(11)18(23)19-8-13-9-21-7-3-4-12(21)10-24-13/h12-13,20H,2-10H2,1H3,(H,19,23)/t12-,13-/m1/s1. The molecule has 1 aromatic rings. The van der Waals surface area contributed by atoms with Gasteiger partial charge in [0.2, 0.25) is 0 Å². The Bertz CT molecular complexity index is 667. The van der Waals surface area contributed by atoms with Crippen LogP contribution in [0.2, 0.25) is 0 Å². The number of hydrogen-bond acceptors (Lipinski definition) is 4. The summed E-state index contributed by atoms with van der Waals surface area (Å²) in [5, 5.41) is 2.98. The van der Waals surface area contributed by atoms with E-state index >= 15 is 0 Å². The molecule has 2 atom stereocenters. The smallest absolute Gasteiger partial charge is 0.268 e. The van der Waals surface area contributed by atoms with Crippen LogP contribution in [0, 0.1) is 6.92 Å². The lowest BCUT2D eigenvalue weighted by atomic mass is 9.94. The van der Waals surface area contributed by atoms with Gasteiger partial charge < -0.3 is 15.0 Å². The summed E-state index contributed by atoms with van der Waals surface area (Å²) >= 11 is 0. The first-order valence-corrected chi connectivity index (χ1v) is 9.02. The van der Waals surface area contributed by atoms with Gasteiger partial charge in [0, 0.05) is 36.8 Å². The molecule has 4 rings (SSSR count). The van der Waals surface area contributed by atoms with E-state index in [1.54, 1.807) is 0 Å². The predicted molar refractivity (Wildman–Crippen MR) is 89.5 cm³/mol. The van der Waals surface area contributed by atoms with Crippen molar-refractivity contribution < 1.29 is 14.3 Å². The zero-order chi connectivity index (χ0) is 16.7. The summed E-state index contributed by atoms with van der Waals surface area (Å²) in [5.41, 5.74) is 2.98. The van der Waals surface area contributed by atoms with Gasteiger partial charge in [-0.15, -0.1) is 0 Å². The Balaban J connectivity index is 1.39. The number of morpholine rings is 1. The minimum atomic E-state index is -0.137. The number of hydrogen-bond donors (Lipinski definition) is 2. The Labute approximate surface area is 141 Å². The number of aromatic nitrogens is 1. The van der Waals surface area contributed by atoms with E-state index in [2.05, 4.69) is 15.2 Å². The van der Waals surface area contributed by atoms with E-state index in [1.165, 1.54) is 12.8 Å². The molecule has 2 N–H and O–H groups in total. The maximum absolute atomic E-state index is 12.5. The van der Waals surface area contributed by atoms with Crippen molar-refractivity contribution in [2.24, 2.45) is 0 Å². The zero-order valence-corrected chi connectivity index (χ0v) is 14.2. The SMILES string of the molecule is Cc1c(C(=O)NC[C@@H]2CN3CCC[C@@H]3CO2)[nH]c2c1C(=O)CCC2. The van der Waals surface area contributed by atoms with Gasteiger partial charge in [-0.25, -0.2) is 0 Å². The number of Topliss-reactive ketones (excluding diaryl/α,β-unsaturated/α-hetero) is 1. The third-order valence-electron chi connectivity index (χ3n) is 5.62.